The molecular formula is C24H28F2N2O3. The molecule has 0 aromatic heterocycles. The number of benzene rings is 2. The molecule has 0 radical (unpaired) electrons. The average Bonchev–Trinajstić information content (AvgIpc) is 3.11. The second-order valence-corrected chi connectivity index (χ2v) is 8.69. The molecule has 1 N–H and O–H groups in total. The van der Waals surface area contributed by atoms with E-state index in [0.717, 1.165) is 50.6 Å². The normalized spacial score (nSPS) is 25.7. The van der Waals surface area contributed by atoms with E-state index in [1.54, 1.807) is 14.2 Å². The number of likely N-dealkylation sites (tertiary alicyclic amines) is 1. The third-order valence-electron chi connectivity index (χ3n) is 6.84. The molecule has 3 atom stereocenters. The number of carbonyl (C=O) groups is 1. The van der Waals surface area contributed by atoms with Crippen molar-refractivity contribution >= 4 is 5.91 Å². The first-order valence-corrected chi connectivity index (χ1v) is 10.5. The fourth-order valence-corrected chi connectivity index (χ4v) is 5.39. The number of fused-ring (bicyclic) bond motifs is 1. The maximum atomic E-state index is 14.0. The topological polar surface area (TPSA) is 50.8 Å². The highest BCUT2D eigenvalue weighted by molar-refractivity contribution is 5.94. The van der Waals surface area contributed by atoms with Crippen LogP contribution in [0.5, 0.6) is 11.5 Å². The van der Waals surface area contributed by atoms with E-state index >= 15 is 0 Å². The van der Waals surface area contributed by atoms with Crippen molar-refractivity contribution in [2.45, 2.75) is 30.7 Å². The number of nitrogens with one attached hydrogen (secondary N) is 1. The zero-order valence-corrected chi connectivity index (χ0v) is 18.1. The number of halogens is 2. The van der Waals surface area contributed by atoms with E-state index in [9.17, 15) is 13.6 Å². The summed E-state index contributed by atoms with van der Waals surface area (Å²) >= 11 is 0. The summed E-state index contributed by atoms with van der Waals surface area (Å²) in [5.41, 5.74) is 0.917. The van der Waals surface area contributed by atoms with Crippen LogP contribution in [0, 0.1) is 17.6 Å². The van der Waals surface area contributed by atoms with Crippen molar-refractivity contribution in [1.82, 2.24) is 10.2 Å². The first-order chi connectivity index (χ1) is 14.9. The van der Waals surface area contributed by atoms with Gasteiger partial charge < -0.3 is 19.7 Å². The summed E-state index contributed by atoms with van der Waals surface area (Å²) in [6.07, 6.45) is 2.43. The molecule has 0 spiro atoms. The Bertz CT molecular complexity index is 983. The lowest BCUT2D eigenvalue weighted by atomic mass is 9.63. The van der Waals surface area contributed by atoms with E-state index in [2.05, 4.69) is 29.4 Å². The molecular weight excluding hydrogens is 402 g/mol. The van der Waals surface area contributed by atoms with Gasteiger partial charge in [0.05, 0.1) is 19.8 Å². The van der Waals surface area contributed by atoms with Gasteiger partial charge >= 0.3 is 0 Å². The number of hydrogen-bond donors (Lipinski definition) is 1. The average molecular weight is 430 g/mol. The van der Waals surface area contributed by atoms with Crippen LogP contribution in [0.15, 0.2) is 36.4 Å². The summed E-state index contributed by atoms with van der Waals surface area (Å²) in [7, 11) is 5.36. The fourth-order valence-electron chi connectivity index (χ4n) is 5.39. The molecule has 31 heavy (non-hydrogen) atoms. The Morgan fingerprint density at radius 3 is 2.65 bits per heavy atom. The summed E-state index contributed by atoms with van der Waals surface area (Å²) in [6, 6.07) is 8.97. The van der Waals surface area contributed by atoms with Crippen LogP contribution in [-0.2, 0) is 5.41 Å². The molecule has 1 saturated carbocycles. The van der Waals surface area contributed by atoms with Crippen LogP contribution >= 0.6 is 0 Å². The zero-order chi connectivity index (χ0) is 22.2. The van der Waals surface area contributed by atoms with Crippen molar-refractivity contribution in [2.75, 3.05) is 34.4 Å². The summed E-state index contributed by atoms with van der Waals surface area (Å²) in [4.78, 5) is 14.9. The van der Waals surface area contributed by atoms with Gasteiger partial charge in [0, 0.05) is 24.5 Å². The largest absolute Gasteiger partial charge is 0.493 e. The van der Waals surface area contributed by atoms with Gasteiger partial charge in [-0.1, -0.05) is 6.07 Å². The highest BCUT2D eigenvalue weighted by atomic mass is 19.1. The van der Waals surface area contributed by atoms with Crippen molar-refractivity contribution < 1.29 is 23.0 Å². The SMILES string of the molecule is COc1ccc(C23CCC(NC(=O)c4cc(F)ccc4F)CC2CN(C)C3)cc1OC. The molecule has 1 aliphatic heterocycles. The van der Waals surface area contributed by atoms with Gasteiger partial charge in [-0.25, -0.2) is 8.78 Å². The minimum Gasteiger partial charge on any atom is -0.493 e. The fraction of sp³-hybridized carbons (Fsp3) is 0.458. The van der Waals surface area contributed by atoms with Gasteiger partial charge in [0.1, 0.15) is 11.6 Å². The van der Waals surface area contributed by atoms with Gasteiger partial charge in [0.15, 0.2) is 11.5 Å². The maximum absolute atomic E-state index is 14.0. The zero-order valence-electron chi connectivity index (χ0n) is 18.1. The Labute approximate surface area is 181 Å². The quantitative estimate of drug-likeness (QED) is 0.785. The van der Waals surface area contributed by atoms with Crippen LogP contribution < -0.4 is 14.8 Å². The Kier molecular flexibility index (Phi) is 5.88. The number of carbonyl (C=O) groups excluding carboxylic acids is 1. The van der Waals surface area contributed by atoms with Crippen LogP contribution in [0.2, 0.25) is 0 Å². The lowest BCUT2D eigenvalue weighted by Gasteiger charge is -2.43. The van der Waals surface area contributed by atoms with Crippen molar-refractivity contribution in [3.63, 3.8) is 0 Å². The third kappa shape index (κ3) is 3.99. The molecule has 1 aliphatic carbocycles. The standard InChI is InChI=1S/C24H28F2N2O3/c1-28-13-16-10-18(27-23(29)19-12-17(25)5-6-20(19)26)8-9-24(16,14-28)15-4-7-21(30-2)22(11-15)31-3/h4-7,11-12,16,18H,8-10,13-14H2,1-3H3,(H,27,29). The first kappa shape index (κ1) is 21.6. The molecule has 3 unspecified atom stereocenters. The van der Waals surface area contributed by atoms with E-state index in [-0.39, 0.29) is 17.0 Å². The van der Waals surface area contributed by atoms with Gasteiger partial charge in [0.2, 0.25) is 0 Å². The van der Waals surface area contributed by atoms with E-state index in [4.69, 9.17) is 9.47 Å². The number of methoxy groups -OCH3 is 2. The summed E-state index contributed by atoms with van der Waals surface area (Å²) in [6.45, 7) is 1.83. The van der Waals surface area contributed by atoms with E-state index in [1.807, 2.05) is 6.07 Å². The van der Waals surface area contributed by atoms with Crippen molar-refractivity contribution in [1.29, 1.82) is 0 Å². The molecule has 166 valence electrons. The molecule has 1 amide bonds. The molecule has 2 fully saturated rings. The minimum absolute atomic E-state index is 0.0420. The van der Waals surface area contributed by atoms with Crippen LogP contribution in [-0.4, -0.2) is 51.2 Å². The summed E-state index contributed by atoms with van der Waals surface area (Å²) in [5.74, 6) is -0.169. The van der Waals surface area contributed by atoms with Crippen molar-refractivity contribution in [3.05, 3.63) is 59.2 Å². The number of rotatable bonds is 5. The Balaban J connectivity index is 1.55. The monoisotopic (exact) mass is 430 g/mol. The first-order valence-electron chi connectivity index (χ1n) is 10.5. The summed E-state index contributed by atoms with van der Waals surface area (Å²) in [5, 5.41) is 2.93. The Hall–Kier alpha value is -2.67. The second-order valence-electron chi connectivity index (χ2n) is 8.69. The number of likely N-dealkylation sites (N-methyl/N-ethyl adjacent to an activating group) is 1. The highest BCUT2D eigenvalue weighted by Gasteiger charge is 2.50. The minimum atomic E-state index is -0.713. The highest BCUT2D eigenvalue weighted by Crippen LogP contribution is 2.49. The Morgan fingerprint density at radius 2 is 1.90 bits per heavy atom. The number of ether oxygens (including phenoxy) is 2. The maximum Gasteiger partial charge on any atom is 0.254 e. The van der Waals surface area contributed by atoms with Gasteiger partial charge in [-0.15, -0.1) is 0 Å². The molecule has 1 heterocycles. The predicted molar refractivity (Wildman–Crippen MR) is 114 cm³/mol. The smallest absolute Gasteiger partial charge is 0.254 e. The van der Waals surface area contributed by atoms with E-state index < -0.39 is 17.5 Å². The van der Waals surface area contributed by atoms with Crippen molar-refractivity contribution in [3.8, 4) is 11.5 Å². The number of hydrogen-bond acceptors (Lipinski definition) is 4. The van der Waals surface area contributed by atoms with E-state index in [1.165, 1.54) is 5.56 Å². The lowest BCUT2D eigenvalue weighted by molar-refractivity contribution is 0.0900. The van der Waals surface area contributed by atoms with Gasteiger partial charge in [-0.3, -0.25) is 4.79 Å². The molecule has 5 nitrogen and oxygen atoms in total. The molecule has 7 heteroatoms. The van der Waals surface area contributed by atoms with Crippen LogP contribution in [0.25, 0.3) is 0 Å². The summed E-state index contributed by atoms with van der Waals surface area (Å²) < 4.78 is 38.4. The molecule has 0 bridgehead atoms. The molecule has 2 aliphatic rings. The van der Waals surface area contributed by atoms with Crippen LogP contribution in [0.4, 0.5) is 8.78 Å². The Morgan fingerprint density at radius 1 is 1.13 bits per heavy atom. The van der Waals surface area contributed by atoms with E-state index in [0.29, 0.717) is 17.4 Å². The number of amides is 1. The molecule has 2 aromatic rings. The van der Waals surface area contributed by atoms with Crippen LogP contribution in [0.1, 0.15) is 35.2 Å². The van der Waals surface area contributed by atoms with Gasteiger partial charge in [-0.05, 0) is 68.1 Å². The van der Waals surface area contributed by atoms with Crippen molar-refractivity contribution in [2.24, 2.45) is 5.92 Å². The van der Waals surface area contributed by atoms with Gasteiger partial charge in [-0.2, -0.15) is 0 Å². The lowest BCUT2D eigenvalue weighted by Crippen LogP contribution is -2.47. The second kappa shape index (κ2) is 8.46. The van der Waals surface area contributed by atoms with Crippen LogP contribution in [0.3, 0.4) is 0 Å². The molecule has 1 saturated heterocycles. The molecule has 2 aromatic carbocycles. The third-order valence-corrected chi connectivity index (χ3v) is 6.84. The predicted octanol–water partition coefficient (Wildman–Crippen LogP) is 3.76. The number of nitrogens with zero attached hydrogens (tertiary/aromatic N) is 1. The molecule has 4 rings (SSSR count). The van der Waals surface area contributed by atoms with Gasteiger partial charge in [0.25, 0.3) is 5.91 Å².